The van der Waals surface area contributed by atoms with Gasteiger partial charge in [0.1, 0.15) is 0 Å². The van der Waals surface area contributed by atoms with E-state index >= 15 is 0 Å². The molecule has 1 unspecified atom stereocenters. The van der Waals surface area contributed by atoms with Crippen LogP contribution < -0.4 is 5.32 Å². The van der Waals surface area contributed by atoms with Crippen molar-refractivity contribution in [2.45, 2.75) is 39.2 Å². The zero-order chi connectivity index (χ0) is 13.7. The first-order valence-electron chi connectivity index (χ1n) is 7.23. The van der Waals surface area contributed by atoms with E-state index in [0.717, 1.165) is 44.0 Å². The Kier molecular flexibility index (Phi) is 5.68. The third-order valence-corrected chi connectivity index (χ3v) is 3.69. The summed E-state index contributed by atoms with van der Waals surface area (Å²) in [6.45, 7) is 7.12. The van der Waals surface area contributed by atoms with Crippen LogP contribution in [0.5, 0.6) is 0 Å². The Morgan fingerprint density at radius 3 is 2.89 bits per heavy atom. The van der Waals surface area contributed by atoms with Crippen molar-refractivity contribution in [2.75, 3.05) is 19.8 Å². The lowest BCUT2D eigenvalue weighted by molar-refractivity contribution is 0.107. The SMILES string of the molecule is CC(C)COCCCNC1Cc2ccc(Cl)cc2C1. The zero-order valence-electron chi connectivity index (χ0n) is 11.9. The molecule has 106 valence electrons. The van der Waals surface area contributed by atoms with E-state index in [1.165, 1.54) is 11.1 Å². The third kappa shape index (κ3) is 4.79. The van der Waals surface area contributed by atoms with Crippen molar-refractivity contribution in [2.24, 2.45) is 5.92 Å². The highest BCUT2D eigenvalue weighted by molar-refractivity contribution is 6.30. The van der Waals surface area contributed by atoms with Crippen LogP contribution in [-0.2, 0) is 17.6 Å². The predicted molar refractivity (Wildman–Crippen MR) is 80.9 cm³/mol. The number of halogens is 1. The number of benzene rings is 1. The van der Waals surface area contributed by atoms with Gasteiger partial charge in [0, 0.05) is 24.3 Å². The summed E-state index contributed by atoms with van der Waals surface area (Å²) in [4.78, 5) is 0. The summed E-state index contributed by atoms with van der Waals surface area (Å²) in [5.74, 6) is 0.627. The smallest absolute Gasteiger partial charge is 0.0489 e. The number of rotatable bonds is 7. The van der Waals surface area contributed by atoms with E-state index in [-0.39, 0.29) is 0 Å². The lowest BCUT2D eigenvalue weighted by Gasteiger charge is -2.12. The molecule has 19 heavy (non-hydrogen) atoms. The Labute approximate surface area is 121 Å². The maximum atomic E-state index is 6.02. The van der Waals surface area contributed by atoms with E-state index in [2.05, 4.69) is 31.3 Å². The second-order valence-electron chi connectivity index (χ2n) is 5.79. The molecule has 3 heteroatoms. The van der Waals surface area contributed by atoms with E-state index in [1.54, 1.807) is 0 Å². The van der Waals surface area contributed by atoms with E-state index in [0.29, 0.717) is 12.0 Å². The van der Waals surface area contributed by atoms with Crippen molar-refractivity contribution in [1.82, 2.24) is 5.32 Å². The van der Waals surface area contributed by atoms with Crippen LogP contribution in [0.1, 0.15) is 31.4 Å². The van der Waals surface area contributed by atoms with Gasteiger partial charge in [0.25, 0.3) is 0 Å². The van der Waals surface area contributed by atoms with E-state index in [4.69, 9.17) is 16.3 Å². The van der Waals surface area contributed by atoms with Gasteiger partial charge in [-0.1, -0.05) is 31.5 Å². The molecule has 0 radical (unpaired) electrons. The van der Waals surface area contributed by atoms with Crippen molar-refractivity contribution >= 4 is 11.6 Å². The number of ether oxygens (including phenoxy) is 1. The monoisotopic (exact) mass is 281 g/mol. The van der Waals surface area contributed by atoms with Crippen LogP contribution in [0.25, 0.3) is 0 Å². The molecule has 1 atom stereocenters. The van der Waals surface area contributed by atoms with Gasteiger partial charge >= 0.3 is 0 Å². The highest BCUT2D eigenvalue weighted by Gasteiger charge is 2.20. The first-order chi connectivity index (χ1) is 9.15. The molecule has 2 nitrogen and oxygen atoms in total. The minimum absolute atomic E-state index is 0.568. The summed E-state index contributed by atoms with van der Waals surface area (Å²) in [5.41, 5.74) is 2.85. The molecule has 1 aromatic rings. The highest BCUT2D eigenvalue weighted by atomic mass is 35.5. The van der Waals surface area contributed by atoms with Crippen LogP contribution in [0.2, 0.25) is 5.02 Å². The Balaban J connectivity index is 1.62. The number of nitrogens with one attached hydrogen (secondary N) is 1. The van der Waals surface area contributed by atoms with Crippen molar-refractivity contribution < 1.29 is 4.74 Å². The van der Waals surface area contributed by atoms with Gasteiger partial charge in [0.2, 0.25) is 0 Å². The summed E-state index contributed by atoms with van der Waals surface area (Å²) < 4.78 is 5.58. The van der Waals surface area contributed by atoms with E-state index < -0.39 is 0 Å². The average molecular weight is 282 g/mol. The molecule has 0 amide bonds. The fraction of sp³-hybridized carbons (Fsp3) is 0.625. The number of hydrogen-bond donors (Lipinski definition) is 1. The number of hydrogen-bond acceptors (Lipinski definition) is 2. The summed E-state index contributed by atoms with van der Waals surface area (Å²) in [6.07, 6.45) is 3.31. The van der Waals surface area contributed by atoms with Gasteiger partial charge in [0.15, 0.2) is 0 Å². The Morgan fingerprint density at radius 1 is 1.32 bits per heavy atom. The highest BCUT2D eigenvalue weighted by Crippen LogP contribution is 2.25. The molecule has 1 aliphatic rings. The van der Waals surface area contributed by atoms with Gasteiger partial charge in [-0.15, -0.1) is 0 Å². The molecular weight excluding hydrogens is 258 g/mol. The summed E-state index contributed by atoms with van der Waals surface area (Å²) >= 11 is 6.02. The molecule has 0 saturated carbocycles. The van der Waals surface area contributed by atoms with Crippen molar-refractivity contribution in [3.8, 4) is 0 Å². The molecule has 0 aliphatic heterocycles. The van der Waals surface area contributed by atoms with Gasteiger partial charge in [-0.3, -0.25) is 0 Å². The fourth-order valence-corrected chi connectivity index (χ4v) is 2.73. The Morgan fingerprint density at radius 2 is 2.11 bits per heavy atom. The first-order valence-corrected chi connectivity index (χ1v) is 7.61. The molecular formula is C16H24ClNO. The van der Waals surface area contributed by atoms with Crippen LogP contribution in [0.3, 0.4) is 0 Å². The van der Waals surface area contributed by atoms with Crippen LogP contribution in [0.15, 0.2) is 18.2 Å². The van der Waals surface area contributed by atoms with Gasteiger partial charge in [-0.25, -0.2) is 0 Å². The zero-order valence-corrected chi connectivity index (χ0v) is 12.7. The minimum atomic E-state index is 0.568. The summed E-state index contributed by atoms with van der Waals surface area (Å²) in [5, 5.41) is 4.46. The third-order valence-electron chi connectivity index (χ3n) is 3.45. The molecule has 0 bridgehead atoms. The lowest BCUT2D eigenvalue weighted by Crippen LogP contribution is -2.31. The van der Waals surface area contributed by atoms with Crippen LogP contribution in [-0.4, -0.2) is 25.8 Å². The molecule has 1 aliphatic carbocycles. The van der Waals surface area contributed by atoms with E-state index in [1.807, 2.05) is 6.07 Å². The first kappa shape index (κ1) is 14.8. The minimum Gasteiger partial charge on any atom is -0.381 e. The predicted octanol–water partition coefficient (Wildman–Crippen LogP) is 3.46. The van der Waals surface area contributed by atoms with Crippen LogP contribution >= 0.6 is 11.6 Å². The van der Waals surface area contributed by atoms with Gasteiger partial charge < -0.3 is 10.1 Å². The molecule has 0 aromatic heterocycles. The molecule has 2 rings (SSSR count). The average Bonchev–Trinajstić information content (AvgIpc) is 2.75. The largest absolute Gasteiger partial charge is 0.381 e. The van der Waals surface area contributed by atoms with Crippen molar-refractivity contribution in [3.05, 3.63) is 34.3 Å². The Hall–Kier alpha value is -0.570. The van der Waals surface area contributed by atoms with Crippen molar-refractivity contribution in [1.29, 1.82) is 0 Å². The summed E-state index contributed by atoms with van der Waals surface area (Å²) in [7, 11) is 0. The maximum Gasteiger partial charge on any atom is 0.0489 e. The number of fused-ring (bicyclic) bond motifs is 1. The fourth-order valence-electron chi connectivity index (χ4n) is 2.53. The molecule has 0 fully saturated rings. The molecule has 1 N–H and O–H groups in total. The van der Waals surface area contributed by atoms with Crippen LogP contribution in [0.4, 0.5) is 0 Å². The van der Waals surface area contributed by atoms with Gasteiger partial charge in [-0.05, 0) is 55.0 Å². The Bertz CT molecular complexity index is 406. The molecule has 0 saturated heterocycles. The summed E-state index contributed by atoms with van der Waals surface area (Å²) in [6, 6.07) is 6.82. The molecule has 1 aromatic carbocycles. The van der Waals surface area contributed by atoms with Crippen LogP contribution in [0, 0.1) is 5.92 Å². The molecule has 0 spiro atoms. The second-order valence-corrected chi connectivity index (χ2v) is 6.23. The van der Waals surface area contributed by atoms with Gasteiger partial charge in [-0.2, -0.15) is 0 Å². The normalized spacial score (nSPS) is 18.0. The topological polar surface area (TPSA) is 21.3 Å². The maximum absolute atomic E-state index is 6.02. The molecule has 0 heterocycles. The second kappa shape index (κ2) is 7.28. The quantitative estimate of drug-likeness (QED) is 0.773. The van der Waals surface area contributed by atoms with Crippen molar-refractivity contribution in [3.63, 3.8) is 0 Å². The lowest BCUT2D eigenvalue weighted by atomic mass is 10.1. The standard InChI is InChI=1S/C16H24ClNO/c1-12(2)11-19-7-3-6-18-16-9-13-4-5-15(17)8-14(13)10-16/h4-5,8,12,16,18H,3,6-7,9-11H2,1-2H3. The van der Waals surface area contributed by atoms with E-state index in [9.17, 15) is 0 Å². The van der Waals surface area contributed by atoms with Gasteiger partial charge in [0.05, 0.1) is 0 Å².